The summed E-state index contributed by atoms with van der Waals surface area (Å²) >= 11 is 12.2. The molecule has 0 spiro atoms. The SMILES string of the molecule is O=C(NN=Cc1ccc(-c2cccc(Cl)c2Cl)o1)c1ccncc1. The molecule has 0 saturated carbocycles. The van der Waals surface area contributed by atoms with Crippen LogP contribution in [0.3, 0.4) is 0 Å². The maximum atomic E-state index is 11.8. The maximum Gasteiger partial charge on any atom is 0.271 e. The van der Waals surface area contributed by atoms with E-state index >= 15 is 0 Å². The van der Waals surface area contributed by atoms with Gasteiger partial charge in [0.2, 0.25) is 0 Å². The van der Waals surface area contributed by atoms with Crippen molar-refractivity contribution < 1.29 is 9.21 Å². The largest absolute Gasteiger partial charge is 0.455 e. The van der Waals surface area contributed by atoms with Crippen LogP contribution in [0.4, 0.5) is 0 Å². The molecule has 0 saturated heterocycles. The highest BCUT2D eigenvalue weighted by atomic mass is 35.5. The number of furan rings is 1. The van der Waals surface area contributed by atoms with Gasteiger partial charge in [0.15, 0.2) is 0 Å². The molecule has 0 unspecified atom stereocenters. The molecule has 0 fully saturated rings. The normalized spacial score (nSPS) is 10.9. The number of benzene rings is 1. The van der Waals surface area contributed by atoms with Gasteiger partial charge in [0.1, 0.15) is 11.5 Å². The molecule has 1 amide bonds. The smallest absolute Gasteiger partial charge is 0.271 e. The summed E-state index contributed by atoms with van der Waals surface area (Å²) < 4.78 is 5.64. The van der Waals surface area contributed by atoms with E-state index in [9.17, 15) is 4.79 Å². The lowest BCUT2D eigenvalue weighted by molar-refractivity contribution is 0.0955. The van der Waals surface area contributed by atoms with Crippen LogP contribution in [0.25, 0.3) is 11.3 Å². The van der Waals surface area contributed by atoms with Crippen molar-refractivity contribution in [2.75, 3.05) is 0 Å². The van der Waals surface area contributed by atoms with Crippen LogP contribution >= 0.6 is 23.2 Å². The molecule has 5 nitrogen and oxygen atoms in total. The molecule has 2 heterocycles. The summed E-state index contributed by atoms with van der Waals surface area (Å²) in [4.78, 5) is 15.7. The van der Waals surface area contributed by atoms with E-state index in [1.165, 1.54) is 18.6 Å². The fraction of sp³-hybridized carbons (Fsp3) is 0. The number of nitrogens with zero attached hydrogens (tertiary/aromatic N) is 2. The number of hydrazone groups is 1. The number of pyridine rings is 1. The van der Waals surface area contributed by atoms with Gasteiger partial charge in [0.05, 0.1) is 16.3 Å². The molecule has 0 bridgehead atoms. The minimum Gasteiger partial charge on any atom is -0.455 e. The number of hydrogen-bond acceptors (Lipinski definition) is 4. The topological polar surface area (TPSA) is 67.5 Å². The third kappa shape index (κ3) is 3.64. The molecule has 2 aromatic heterocycles. The quantitative estimate of drug-likeness (QED) is 0.554. The van der Waals surface area contributed by atoms with Crippen molar-refractivity contribution in [3.05, 3.63) is 76.2 Å². The first-order chi connectivity index (χ1) is 11.6. The molecule has 0 aliphatic rings. The molecule has 1 N–H and O–H groups in total. The van der Waals surface area contributed by atoms with Gasteiger partial charge in [-0.1, -0.05) is 29.3 Å². The van der Waals surface area contributed by atoms with Crippen molar-refractivity contribution in [3.8, 4) is 11.3 Å². The Kier molecular flexibility index (Phi) is 4.93. The van der Waals surface area contributed by atoms with Crippen molar-refractivity contribution >= 4 is 35.3 Å². The van der Waals surface area contributed by atoms with Gasteiger partial charge in [0, 0.05) is 23.5 Å². The number of hydrogen-bond donors (Lipinski definition) is 1. The Balaban J connectivity index is 1.70. The second kappa shape index (κ2) is 7.29. The summed E-state index contributed by atoms with van der Waals surface area (Å²) in [6.07, 6.45) is 4.47. The zero-order chi connectivity index (χ0) is 16.9. The number of carbonyl (C=O) groups is 1. The Morgan fingerprint density at radius 1 is 1.12 bits per heavy atom. The van der Waals surface area contributed by atoms with Crippen LogP contribution in [-0.2, 0) is 0 Å². The zero-order valence-electron chi connectivity index (χ0n) is 12.2. The van der Waals surface area contributed by atoms with Crippen LogP contribution in [-0.4, -0.2) is 17.1 Å². The van der Waals surface area contributed by atoms with Crippen molar-refractivity contribution in [1.82, 2.24) is 10.4 Å². The summed E-state index contributed by atoms with van der Waals surface area (Å²) in [6, 6.07) is 12.0. The molecule has 3 aromatic rings. The summed E-state index contributed by atoms with van der Waals surface area (Å²) in [7, 11) is 0. The van der Waals surface area contributed by atoms with Crippen LogP contribution in [0.5, 0.6) is 0 Å². The summed E-state index contributed by atoms with van der Waals surface area (Å²) in [5.74, 6) is 0.693. The Labute approximate surface area is 147 Å². The van der Waals surface area contributed by atoms with Crippen LogP contribution in [0, 0.1) is 0 Å². The average Bonchev–Trinajstić information content (AvgIpc) is 3.06. The maximum absolute atomic E-state index is 11.8. The van der Waals surface area contributed by atoms with Crippen LogP contribution in [0.1, 0.15) is 16.1 Å². The Morgan fingerprint density at radius 2 is 1.92 bits per heavy atom. The van der Waals surface area contributed by atoms with E-state index in [1.807, 2.05) is 0 Å². The predicted octanol–water partition coefficient (Wildman–Crippen LogP) is 4.41. The number of nitrogens with one attached hydrogen (secondary N) is 1. The molecule has 1 aromatic carbocycles. The number of halogens is 2. The van der Waals surface area contributed by atoms with Gasteiger partial charge in [0.25, 0.3) is 5.91 Å². The molecule has 24 heavy (non-hydrogen) atoms. The molecular formula is C17H11Cl2N3O2. The summed E-state index contributed by atoms with van der Waals surface area (Å²) in [5.41, 5.74) is 3.56. The Hall–Kier alpha value is -2.63. The Bertz CT molecular complexity index is 892. The lowest BCUT2D eigenvalue weighted by atomic mass is 10.2. The van der Waals surface area contributed by atoms with E-state index in [-0.39, 0.29) is 5.91 Å². The highest BCUT2D eigenvalue weighted by molar-refractivity contribution is 6.43. The van der Waals surface area contributed by atoms with E-state index in [2.05, 4.69) is 15.5 Å². The molecule has 0 atom stereocenters. The summed E-state index contributed by atoms with van der Waals surface area (Å²) in [5, 5.41) is 4.74. The van der Waals surface area contributed by atoms with E-state index in [4.69, 9.17) is 27.6 Å². The molecule has 120 valence electrons. The van der Waals surface area contributed by atoms with Gasteiger partial charge < -0.3 is 4.42 Å². The van der Waals surface area contributed by atoms with Crippen molar-refractivity contribution in [3.63, 3.8) is 0 Å². The third-order valence-corrected chi connectivity index (χ3v) is 3.96. The standard InChI is InChI=1S/C17H11Cl2N3O2/c18-14-3-1-2-13(16(14)19)15-5-4-12(24-15)10-21-22-17(23)11-6-8-20-9-7-11/h1-10H,(H,22,23). The van der Waals surface area contributed by atoms with Crippen LogP contribution in [0.15, 0.2) is 64.4 Å². The number of rotatable bonds is 4. The van der Waals surface area contributed by atoms with Crippen molar-refractivity contribution in [2.45, 2.75) is 0 Å². The monoisotopic (exact) mass is 359 g/mol. The van der Waals surface area contributed by atoms with E-state index in [0.717, 1.165) is 0 Å². The fourth-order valence-corrected chi connectivity index (χ4v) is 2.38. The minimum atomic E-state index is -0.335. The molecule has 0 aliphatic carbocycles. The van der Waals surface area contributed by atoms with Gasteiger partial charge in [-0.2, -0.15) is 5.10 Å². The predicted molar refractivity (Wildman–Crippen MR) is 93.5 cm³/mol. The van der Waals surface area contributed by atoms with E-state index < -0.39 is 0 Å². The second-order valence-electron chi connectivity index (χ2n) is 4.74. The molecule has 3 rings (SSSR count). The Morgan fingerprint density at radius 3 is 2.71 bits per heavy atom. The van der Waals surface area contributed by atoms with Crippen LogP contribution < -0.4 is 5.43 Å². The molecule has 7 heteroatoms. The third-order valence-electron chi connectivity index (χ3n) is 3.14. The zero-order valence-corrected chi connectivity index (χ0v) is 13.8. The van der Waals surface area contributed by atoms with Crippen LogP contribution in [0.2, 0.25) is 10.0 Å². The lowest BCUT2D eigenvalue weighted by Crippen LogP contribution is -2.17. The van der Waals surface area contributed by atoms with Crippen molar-refractivity contribution in [2.24, 2.45) is 5.10 Å². The first kappa shape index (κ1) is 16.2. The van der Waals surface area contributed by atoms with Gasteiger partial charge in [-0.15, -0.1) is 0 Å². The lowest BCUT2D eigenvalue weighted by Gasteiger charge is -2.01. The van der Waals surface area contributed by atoms with E-state index in [0.29, 0.717) is 32.7 Å². The average molecular weight is 360 g/mol. The minimum absolute atomic E-state index is 0.335. The number of amides is 1. The van der Waals surface area contributed by atoms with Gasteiger partial charge in [-0.3, -0.25) is 9.78 Å². The molecular weight excluding hydrogens is 349 g/mol. The first-order valence-corrected chi connectivity index (χ1v) is 7.68. The van der Waals surface area contributed by atoms with Gasteiger partial charge >= 0.3 is 0 Å². The van der Waals surface area contributed by atoms with E-state index in [1.54, 1.807) is 42.5 Å². The summed E-state index contributed by atoms with van der Waals surface area (Å²) in [6.45, 7) is 0. The van der Waals surface area contributed by atoms with Gasteiger partial charge in [-0.25, -0.2) is 5.43 Å². The highest BCUT2D eigenvalue weighted by Gasteiger charge is 2.10. The number of aromatic nitrogens is 1. The highest BCUT2D eigenvalue weighted by Crippen LogP contribution is 2.34. The second-order valence-corrected chi connectivity index (χ2v) is 5.52. The molecule has 0 radical (unpaired) electrons. The first-order valence-electron chi connectivity index (χ1n) is 6.93. The number of carbonyl (C=O) groups excluding carboxylic acids is 1. The molecule has 0 aliphatic heterocycles. The fourth-order valence-electron chi connectivity index (χ4n) is 1.98. The van der Waals surface area contributed by atoms with Crippen molar-refractivity contribution in [1.29, 1.82) is 0 Å². The van der Waals surface area contributed by atoms with Gasteiger partial charge in [-0.05, 0) is 36.4 Å².